The average Bonchev–Trinajstić information content (AvgIpc) is 2.91. The molecular formula is C14H15F2NO2. The van der Waals surface area contributed by atoms with Crippen LogP contribution in [0.2, 0.25) is 0 Å². The largest absolute Gasteiger partial charge is 0.381 e. The molecule has 2 aliphatic heterocycles. The van der Waals surface area contributed by atoms with Crippen molar-refractivity contribution in [3.63, 3.8) is 0 Å². The quantitative estimate of drug-likeness (QED) is 0.781. The van der Waals surface area contributed by atoms with Gasteiger partial charge in [-0.3, -0.25) is 4.79 Å². The van der Waals surface area contributed by atoms with E-state index in [1.54, 1.807) is 0 Å². The molecule has 5 heteroatoms. The summed E-state index contributed by atoms with van der Waals surface area (Å²) in [5, 5.41) is 0. The van der Waals surface area contributed by atoms with Crippen molar-refractivity contribution >= 4 is 11.6 Å². The predicted molar refractivity (Wildman–Crippen MR) is 66.0 cm³/mol. The van der Waals surface area contributed by atoms with Crippen LogP contribution in [-0.2, 0) is 16.0 Å². The smallest absolute Gasteiger partial charge is 0.232 e. The van der Waals surface area contributed by atoms with E-state index in [9.17, 15) is 13.6 Å². The number of rotatable bonds is 1. The van der Waals surface area contributed by atoms with Gasteiger partial charge in [-0.1, -0.05) is 0 Å². The number of nitrogens with zero attached hydrogens (tertiary/aromatic N) is 1. The van der Waals surface area contributed by atoms with Gasteiger partial charge in [0.1, 0.15) is 11.6 Å². The van der Waals surface area contributed by atoms with Gasteiger partial charge in [0, 0.05) is 24.8 Å². The zero-order chi connectivity index (χ0) is 13.4. The second kappa shape index (κ2) is 4.89. The van der Waals surface area contributed by atoms with Gasteiger partial charge in [0.15, 0.2) is 0 Å². The van der Waals surface area contributed by atoms with Crippen molar-refractivity contribution in [2.45, 2.75) is 19.3 Å². The molecule has 2 heterocycles. The summed E-state index contributed by atoms with van der Waals surface area (Å²) in [6.45, 7) is 1.50. The zero-order valence-electron chi connectivity index (χ0n) is 10.5. The van der Waals surface area contributed by atoms with Gasteiger partial charge in [-0.2, -0.15) is 0 Å². The molecular weight excluding hydrogens is 252 g/mol. The number of ether oxygens (including phenoxy) is 1. The Balaban J connectivity index is 1.95. The Kier molecular flexibility index (Phi) is 3.22. The van der Waals surface area contributed by atoms with Crippen LogP contribution >= 0.6 is 0 Å². The Labute approximate surface area is 110 Å². The Morgan fingerprint density at radius 2 is 2.21 bits per heavy atom. The van der Waals surface area contributed by atoms with Crippen molar-refractivity contribution in [2.75, 3.05) is 24.7 Å². The molecule has 0 bridgehead atoms. The second-order valence-electron chi connectivity index (χ2n) is 5.04. The molecule has 0 aromatic heterocycles. The highest BCUT2D eigenvalue weighted by Gasteiger charge is 2.32. The molecule has 0 spiro atoms. The third-order valence-corrected chi connectivity index (χ3v) is 3.78. The highest BCUT2D eigenvalue weighted by molar-refractivity contribution is 5.96. The number of hydrogen-bond acceptors (Lipinski definition) is 2. The number of fused-ring (bicyclic) bond motifs is 1. The molecule has 1 saturated heterocycles. The number of carbonyl (C=O) groups excluding carboxylic acids is 1. The van der Waals surface area contributed by atoms with Crippen LogP contribution in [0.4, 0.5) is 14.5 Å². The van der Waals surface area contributed by atoms with E-state index in [2.05, 4.69) is 0 Å². The minimum absolute atomic E-state index is 0.0801. The lowest BCUT2D eigenvalue weighted by Gasteiger charge is -2.31. The molecule has 102 valence electrons. The van der Waals surface area contributed by atoms with Crippen molar-refractivity contribution in [3.05, 3.63) is 29.3 Å². The van der Waals surface area contributed by atoms with Crippen molar-refractivity contribution in [1.29, 1.82) is 0 Å². The van der Waals surface area contributed by atoms with E-state index in [1.807, 2.05) is 0 Å². The molecule has 0 N–H and O–H groups in total. The van der Waals surface area contributed by atoms with E-state index < -0.39 is 11.6 Å². The highest BCUT2D eigenvalue weighted by Crippen LogP contribution is 2.32. The minimum Gasteiger partial charge on any atom is -0.381 e. The first kappa shape index (κ1) is 12.5. The van der Waals surface area contributed by atoms with Crippen LogP contribution in [0.3, 0.4) is 0 Å². The van der Waals surface area contributed by atoms with E-state index >= 15 is 0 Å². The number of benzene rings is 1. The maximum absolute atomic E-state index is 13.7. The lowest BCUT2D eigenvalue weighted by atomic mass is 9.98. The summed E-state index contributed by atoms with van der Waals surface area (Å²) >= 11 is 0. The van der Waals surface area contributed by atoms with E-state index in [0.29, 0.717) is 50.3 Å². The van der Waals surface area contributed by atoms with Crippen LogP contribution in [0.25, 0.3) is 0 Å². The molecule has 1 aromatic carbocycles. The summed E-state index contributed by atoms with van der Waals surface area (Å²) in [6.07, 6.45) is 1.93. The number of anilines is 1. The molecule has 2 aliphatic rings. The lowest BCUT2D eigenvalue weighted by molar-refractivity contribution is -0.122. The van der Waals surface area contributed by atoms with Crippen LogP contribution in [-0.4, -0.2) is 25.7 Å². The first-order valence-electron chi connectivity index (χ1n) is 6.54. The van der Waals surface area contributed by atoms with Gasteiger partial charge < -0.3 is 9.64 Å². The molecule has 1 unspecified atom stereocenters. The highest BCUT2D eigenvalue weighted by atomic mass is 19.1. The lowest BCUT2D eigenvalue weighted by Crippen LogP contribution is -2.40. The summed E-state index contributed by atoms with van der Waals surface area (Å²) in [6, 6.07) is 2.14. The molecule has 1 amide bonds. The summed E-state index contributed by atoms with van der Waals surface area (Å²) in [5.41, 5.74) is 0.834. The summed E-state index contributed by atoms with van der Waals surface area (Å²) < 4.78 is 32.3. The molecule has 3 rings (SSSR count). The maximum atomic E-state index is 13.7. The molecule has 0 radical (unpaired) electrons. The van der Waals surface area contributed by atoms with E-state index in [1.165, 1.54) is 11.0 Å². The van der Waals surface area contributed by atoms with E-state index in [4.69, 9.17) is 4.74 Å². The van der Waals surface area contributed by atoms with Gasteiger partial charge in [-0.25, -0.2) is 8.78 Å². The van der Waals surface area contributed by atoms with Crippen LogP contribution in [0, 0.1) is 17.6 Å². The molecule has 1 atom stereocenters. The minimum atomic E-state index is -0.640. The first-order valence-corrected chi connectivity index (χ1v) is 6.54. The summed E-state index contributed by atoms with van der Waals surface area (Å²) in [7, 11) is 0. The fraction of sp³-hybridized carbons (Fsp3) is 0.500. The number of hydrogen-bond donors (Lipinski definition) is 0. The number of carbonyl (C=O) groups is 1. The van der Waals surface area contributed by atoms with Crippen LogP contribution in [0.1, 0.15) is 18.4 Å². The van der Waals surface area contributed by atoms with Crippen molar-refractivity contribution < 1.29 is 18.3 Å². The van der Waals surface area contributed by atoms with Crippen molar-refractivity contribution in [2.24, 2.45) is 5.92 Å². The standard InChI is InChI=1S/C14H15F2NO2/c15-10-6-12(16)11-2-1-4-17(13(11)7-10)14(18)9-3-5-19-8-9/h6-7,9H,1-5,8H2. The fourth-order valence-corrected chi connectivity index (χ4v) is 2.79. The van der Waals surface area contributed by atoms with Gasteiger partial charge in [0.25, 0.3) is 0 Å². The van der Waals surface area contributed by atoms with Gasteiger partial charge in [-0.05, 0) is 25.3 Å². The van der Waals surface area contributed by atoms with Crippen molar-refractivity contribution in [3.8, 4) is 0 Å². The second-order valence-corrected chi connectivity index (χ2v) is 5.04. The molecule has 1 fully saturated rings. The van der Waals surface area contributed by atoms with Crippen molar-refractivity contribution in [1.82, 2.24) is 0 Å². The molecule has 3 nitrogen and oxygen atoms in total. The predicted octanol–water partition coefficient (Wildman–Crippen LogP) is 2.28. The molecule has 0 aliphatic carbocycles. The first-order chi connectivity index (χ1) is 9.16. The Bertz CT molecular complexity index is 512. The van der Waals surface area contributed by atoms with E-state index in [-0.39, 0.29) is 11.8 Å². The fourth-order valence-electron chi connectivity index (χ4n) is 2.79. The van der Waals surface area contributed by atoms with E-state index in [0.717, 1.165) is 6.07 Å². The Morgan fingerprint density at radius 3 is 2.95 bits per heavy atom. The van der Waals surface area contributed by atoms with Crippen LogP contribution in [0.15, 0.2) is 12.1 Å². The normalized spacial score (nSPS) is 22.4. The maximum Gasteiger partial charge on any atom is 0.232 e. The van der Waals surface area contributed by atoms with Crippen LogP contribution in [0.5, 0.6) is 0 Å². The summed E-state index contributed by atoms with van der Waals surface area (Å²) in [5.74, 6) is -1.46. The number of amides is 1. The Morgan fingerprint density at radius 1 is 1.37 bits per heavy atom. The topological polar surface area (TPSA) is 29.5 Å². The third kappa shape index (κ3) is 2.23. The van der Waals surface area contributed by atoms with Gasteiger partial charge in [0.2, 0.25) is 5.91 Å². The summed E-state index contributed by atoms with van der Waals surface area (Å²) in [4.78, 5) is 13.9. The monoisotopic (exact) mass is 267 g/mol. The van der Waals surface area contributed by atoms with Gasteiger partial charge >= 0.3 is 0 Å². The molecule has 19 heavy (non-hydrogen) atoms. The Hall–Kier alpha value is -1.49. The average molecular weight is 267 g/mol. The zero-order valence-corrected chi connectivity index (χ0v) is 10.5. The number of halogens is 2. The van der Waals surface area contributed by atoms with Gasteiger partial charge in [0.05, 0.1) is 18.2 Å². The van der Waals surface area contributed by atoms with Crippen LogP contribution < -0.4 is 4.90 Å². The molecule has 0 saturated carbocycles. The third-order valence-electron chi connectivity index (χ3n) is 3.78. The van der Waals surface area contributed by atoms with Gasteiger partial charge in [-0.15, -0.1) is 0 Å². The SMILES string of the molecule is O=C(C1CCOC1)N1CCCc2c(F)cc(F)cc21. The molecule has 1 aromatic rings.